The van der Waals surface area contributed by atoms with Gasteiger partial charge in [0.2, 0.25) is 0 Å². The van der Waals surface area contributed by atoms with Crippen molar-refractivity contribution in [1.82, 2.24) is 19.9 Å². The Bertz CT molecular complexity index is 597. The maximum atomic E-state index is 5.52. The first kappa shape index (κ1) is 12.3. The van der Waals surface area contributed by atoms with Crippen molar-refractivity contribution in [2.75, 3.05) is 26.3 Å². The number of rotatable bonds is 3. The SMILES string of the molecule is c1cnc2c(c1)nc(C1CCNC1)n2CC1CCOC1. The van der Waals surface area contributed by atoms with Crippen molar-refractivity contribution in [2.45, 2.75) is 25.3 Å². The van der Waals surface area contributed by atoms with Crippen molar-refractivity contribution in [3.63, 3.8) is 0 Å². The summed E-state index contributed by atoms with van der Waals surface area (Å²) in [5.74, 6) is 2.32. The minimum Gasteiger partial charge on any atom is -0.381 e. The van der Waals surface area contributed by atoms with Crippen LogP contribution in [-0.4, -0.2) is 40.8 Å². The second kappa shape index (κ2) is 5.14. The summed E-state index contributed by atoms with van der Waals surface area (Å²) in [7, 11) is 0. The van der Waals surface area contributed by atoms with Gasteiger partial charge in [-0.2, -0.15) is 0 Å². The van der Waals surface area contributed by atoms with Gasteiger partial charge < -0.3 is 14.6 Å². The summed E-state index contributed by atoms with van der Waals surface area (Å²) in [4.78, 5) is 9.41. The van der Waals surface area contributed by atoms with Gasteiger partial charge in [0.15, 0.2) is 5.65 Å². The molecule has 0 aromatic carbocycles. The Labute approximate surface area is 118 Å². The largest absolute Gasteiger partial charge is 0.381 e. The maximum absolute atomic E-state index is 5.52. The highest BCUT2D eigenvalue weighted by molar-refractivity contribution is 5.71. The van der Waals surface area contributed by atoms with Gasteiger partial charge in [-0.3, -0.25) is 0 Å². The molecule has 2 unspecified atom stereocenters. The van der Waals surface area contributed by atoms with E-state index < -0.39 is 0 Å². The molecule has 0 aliphatic carbocycles. The molecular weight excluding hydrogens is 252 g/mol. The fourth-order valence-corrected chi connectivity index (χ4v) is 3.33. The highest BCUT2D eigenvalue weighted by atomic mass is 16.5. The molecular formula is C15H20N4O. The lowest BCUT2D eigenvalue weighted by molar-refractivity contribution is 0.182. The van der Waals surface area contributed by atoms with E-state index in [1.54, 1.807) is 0 Å². The summed E-state index contributed by atoms with van der Waals surface area (Å²) >= 11 is 0. The number of imidazole rings is 1. The molecule has 2 aromatic heterocycles. The van der Waals surface area contributed by atoms with Crippen LogP contribution in [0.1, 0.15) is 24.6 Å². The van der Waals surface area contributed by atoms with Gasteiger partial charge in [0, 0.05) is 37.7 Å². The fraction of sp³-hybridized carbons (Fsp3) is 0.600. The maximum Gasteiger partial charge on any atom is 0.160 e. The van der Waals surface area contributed by atoms with Crippen molar-refractivity contribution in [1.29, 1.82) is 0 Å². The molecule has 20 heavy (non-hydrogen) atoms. The second-order valence-electron chi connectivity index (χ2n) is 5.85. The number of nitrogens with one attached hydrogen (secondary N) is 1. The van der Waals surface area contributed by atoms with Crippen molar-refractivity contribution in [3.8, 4) is 0 Å². The van der Waals surface area contributed by atoms with E-state index in [9.17, 15) is 0 Å². The van der Waals surface area contributed by atoms with Gasteiger partial charge in [0.1, 0.15) is 11.3 Å². The minimum atomic E-state index is 0.520. The zero-order valence-corrected chi connectivity index (χ0v) is 11.6. The third-order valence-corrected chi connectivity index (χ3v) is 4.42. The molecule has 0 spiro atoms. The number of hydrogen-bond acceptors (Lipinski definition) is 4. The molecule has 2 aromatic rings. The van der Waals surface area contributed by atoms with E-state index in [2.05, 4.69) is 20.9 Å². The first-order valence-corrected chi connectivity index (χ1v) is 7.51. The summed E-state index contributed by atoms with van der Waals surface area (Å²) in [6, 6.07) is 4.03. The monoisotopic (exact) mass is 272 g/mol. The van der Waals surface area contributed by atoms with Gasteiger partial charge in [-0.15, -0.1) is 0 Å². The Kier molecular flexibility index (Phi) is 3.16. The zero-order valence-electron chi connectivity index (χ0n) is 11.6. The van der Waals surface area contributed by atoms with Crippen LogP contribution in [0.4, 0.5) is 0 Å². The van der Waals surface area contributed by atoms with E-state index >= 15 is 0 Å². The molecule has 1 N–H and O–H groups in total. The van der Waals surface area contributed by atoms with Crippen LogP contribution in [0, 0.1) is 5.92 Å². The predicted octanol–water partition coefficient (Wildman–Crippen LogP) is 1.54. The topological polar surface area (TPSA) is 52.0 Å². The van der Waals surface area contributed by atoms with Gasteiger partial charge in [-0.1, -0.05) is 0 Å². The van der Waals surface area contributed by atoms with Gasteiger partial charge in [-0.05, 0) is 31.5 Å². The smallest absolute Gasteiger partial charge is 0.160 e. The molecule has 0 radical (unpaired) electrons. The first-order chi connectivity index (χ1) is 9.92. The molecule has 4 rings (SSSR count). The van der Waals surface area contributed by atoms with E-state index in [0.29, 0.717) is 11.8 Å². The molecule has 2 aliphatic heterocycles. The van der Waals surface area contributed by atoms with Crippen LogP contribution in [0.25, 0.3) is 11.2 Å². The van der Waals surface area contributed by atoms with Crippen molar-refractivity contribution >= 4 is 11.2 Å². The number of aromatic nitrogens is 3. The van der Waals surface area contributed by atoms with E-state index in [-0.39, 0.29) is 0 Å². The molecule has 5 nitrogen and oxygen atoms in total. The molecule has 2 atom stereocenters. The Morgan fingerprint density at radius 1 is 1.40 bits per heavy atom. The van der Waals surface area contributed by atoms with Gasteiger partial charge >= 0.3 is 0 Å². The third-order valence-electron chi connectivity index (χ3n) is 4.42. The highest BCUT2D eigenvalue weighted by Crippen LogP contribution is 2.27. The quantitative estimate of drug-likeness (QED) is 0.921. The number of fused-ring (bicyclic) bond motifs is 1. The molecule has 2 saturated heterocycles. The van der Waals surface area contributed by atoms with Crippen molar-refractivity contribution in [3.05, 3.63) is 24.2 Å². The normalized spacial score (nSPS) is 26.6. The van der Waals surface area contributed by atoms with Crippen LogP contribution in [0.5, 0.6) is 0 Å². The van der Waals surface area contributed by atoms with Crippen LogP contribution in [0.3, 0.4) is 0 Å². The number of ether oxygens (including phenoxy) is 1. The summed E-state index contributed by atoms with van der Waals surface area (Å²) in [6.07, 6.45) is 4.18. The lowest BCUT2D eigenvalue weighted by atomic mass is 10.1. The highest BCUT2D eigenvalue weighted by Gasteiger charge is 2.26. The van der Waals surface area contributed by atoms with Gasteiger partial charge in [0.25, 0.3) is 0 Å². The summed E-state index contributed by atoms with van der Waals surface area (Å²) in [5.41, 5.74) is 2.05. The van der Waals surface area contributed by atoms with Crippen LogP contribution in [-0.2, 0) is 11.3 Å². The molecule has 0 bridgehead atoms. The van der Waals surface area contributed by atoms with Crippen LogP contribution >= 0.6 is 0 Å². The Balaban J connectivity index is 1.75. The van der Waals surface area contributed by atoms with E-state index in [1.807, 2.05) is 12.3 Å². The molecule has 4 heterocycles. The number of pyridine rings is 1. The molecule has 2 fully saturated rings. The Hall–Kier alpha value is -1.46. The average Bonchev–Trinajstić information content (AvgIpc) is 3.19. The summed E-state index contributed by atoms with van der Waals surface area (Å²) in [6.45, 7) is 4.87. The van der Waals surface area contributed by atoms with Crippen molar-refractivity contribution < 1.29 is 4.74 Å². The molecule has 5 heteroatoms. The molecule has 0 amide bonds. The fourth-order valence-electron chi connectivity index (χ4n) is 3.33. The lowest BCUT2D eigenvalue weighted by Crippen LogP contribution is -2.17. The molecule has 106 valence electrons. The van der Waals surface area contributed by atoms with Crippen LogP contribution in [0.2, 0.25) is 0 Å². The van der Waals surface area contributed by atoms with E-state index in [4.69, 9.17) is 9.72 Å². The predicted molar refractivity (Wildman–Crippen MR) is 76.7 cm³/mol. The van der Waals surface area contributed by atoms with E-state index in [0.717, 1.165) is 50.4 Å². The van der Waals surface area contributed by atoms with Crippen molar-refractivity contribution in [2.24, 2.45) is 5.92 Å². The summed E-state index contributed by atoms with van der Waals surface area (Å²) in [5, 5.41) is 3.44. The Morgan fingerprint density at radius 2 is 2.40 bits per heavy atom. The lowest BCUT2D eigenvalue weighted by Gasteiger charge is -2.15. The third kappa shape index (κ3) is 2.11. The van der Waals surface area contributed by atoms with E-state index in [1.165, 1.54) is 12.2 Å². The summed E-state index contributed by atoms with van der Waals surface area (Å²) < 4.78 is 7.86. The Morgan fingerprint density at radius 3 is 3.20 bits per heavy atom. The van der Waals surface area contributed by atoms with Gasteiger partial charge in [0.05, 0.1) is 6.61 Å². The minimum absolute atomic E-state index is 0.520. The molecule has 2 aliphatic rings. The van der Waals surface area contributed by atoms with Crippen LogP contribution < -0.4 is 5.32 Å². The zero-order chi connectivity index (χ0) is 13.4. The van der Waals surface area contributed by atoms with Crippen LogP contribution in [0.15, 0.2) is 18.3 Å². The number of hydrogen-bond donors (Lipinski definition) is 1. The molecule has 0 saturated carbocycles. The average molecular weight is 272 g/mol. The number of nitrogens with zero attached hydrogens (tertiary/aromatic N) is 3. The standard InChI is InChI=1S/C15H20N4O/c1-2-13-15(17-5-1)19(9-11-4-7-20-10-11)14(18-13)12-3-6-16-8-12/h1-2,5,11-12,16H,3-4,6-10H2. The van der Waals surface area contributed by atoms with Gasteiger partial charge in [-0.25, -0.2) is 9.97 Å². The second-order valence-corrected chi connectivity index (χ2v) is 5.85. The first-order valence-electron chi connectivity index (χ1n) is 7.51.